The van der Waals surface area contributed by atoms with Crippen LogP contribution in [-0.2, 0) is 23.1 Å². The first-order valence-electron chi connectivity index (χ1n) is 12.5. The summed E-state index contributed by atoms with van der Waals surface area (Å²) in [6.07, 6.45) is 1.44. The number of halogens is 4. The van der Waals surface area contributed by atoms with Gasteiger partial charge in [0.15, 0.2) is 5.75 Å². The molecule has 0 aliphatic heterocycles. The topological polar surface area (TPSA) is 90.8 Å². The molecule has 0 unspecified atom stereocenters. The molecule has 3 aromatic rings. The van der Waals surface area contributed by atoms with Crippen LogP contribution in [0.1, 0.15) is 49.2 Å². The number of aromatic hydroxyl groups is 1. The van der Waals surface area contributed by atoms with Gasteiger partial charge in [0.1, 0.15) is 10.0 Å². The monoisotopic (exact) mass is 645 g/mol. The number of phenols is 1. The van der Waals surface area contributed by atoms with Crippen molar-refractivity contribution in [3.05, 3.63) is 85.6 Å². The highest BCUT2D eigenvalue weighted by Gasteiger charge is 2.30. The molecule has 0 radical (unpaired) electrons. The van der Waals surface area contributed by atoms with Crippen LogP contribution in [0, 0.1) is 11.8 Å². The molecule has 0 aliphatic rings. The van der Waals surface area contributed by atoms with Crippen molar-refractivity contribution in [3.63, 3.8) is 0 Å². The molecule has 0 spiro atoms. The summed E-state index contributed by atoms with van der Waals surface area (Å²) in [6.45, 7) is 8.65. The van der Waals surface area contributed by atoms with E-state index in [9.17, 15) is 18.3 Å². The van der Waals surface area contributed by atoms with Gasteiger partial charge < -0.3 is 10.0 Å². The molecule has 1 heterocycles. The molecule has 40 heavy (non-hydrogen) atoms. The van der Waals surface area contributed by atoms with E-state index in [0.29, 0.717) is 27.8 Å². The molecule has 0 bridgehead atoms. The number of hydrogen-bond donors (Lipinski definition) is 1. The lowest BCUT2D eigenvalue weighted by molar-refractivity contribution is 0.0722. The molecular formula is C28H31Cl4N3O4S. The quantitative estimate of drug-likeness (QED) is 0.217. The average Bonchev–Trinajstić information content (AvgIpc) is 2.84. The van der Waals surface area contributed by atoms with Crippen LogP contribution in [0.3, 0.4) is 0 Å². The summed E-state index contributed by atoms with van der Waals surface area (Å²) in [5.74, 6) is -0.619. The summed E-state index contributed by atoms with van der Waals surface area (Å²) in [5.41, 5.74) is 1.75. The van der Waals surface area contributed by atoms with E-state index in [1.165, 1.54) is 22.6 Å². The van der Waals surface area contributed by atoms with Crippen LogP contribution in [0.4, 0.5) is 0 Å². The summed E-state index contributed by atoms with van der Waals surface area (Å²) in [4.78, 5) is 18.7. The average molecular weight is 647 g/mol. The Kier molecular flexibility index (Phi) is 11.1. The van der Waals surface area contributed by atoms with Crippen LogP contribution in [0.25, 0.3) is 0 Å². The van der Waals surface area contributed by atoms with Crippen molar-refractivity contribution in [2.75, 3.05) is 13.1 Å². The Morgan fingerprint density at radius 2 is 1.48 bits per heavy atom. The summed E-state index contributed by atoms with van der Waals surface area (Å²) >= 11 is 24.4. The predicted octanol–water partition coefficient (Wildman–Crippen LogP) is 7.55. The van der Waals surface area contributed by atoms with E-state index in [2.05, 4.69) is 4.98 Å². The molecule has 7 nitrogen and oxygen atoms in total. The van der Waals surface area contributed by atoms with E-state index in [-0.39, 0.29) is 52.3 Å². The van der Waals surface area contributed by atoms with E-state index < -0.39 is 15.8 Å². The highest BCUT2D eigenvalue weighted by atomic mass is 35.5. The highest BCUT2D eigenvalue weighted by molar-refractivity contribution is 7.89. The number of aromatic nitrogens is 1. The molecule has 1 aromatic heterocycles. The van der Waals surface area contributed by atoms with Gasteiger partial charge in [-0.3, -0.25) is 4.79 Å². The van der Waals surface area contributed by atoms with Crippen LogP contribution in [0.2, 0.25) is 20.2 Å². The third-order valence-corrected chi connectivity index (χ3v) is 8.55. The summed E-state index contributed by atoms with van der Waals surface area (Å²) in [5, 5.41) is 11.1. The van der Waals surface area contributed by atoms with Gasteiger partial charge >= 0.3 is 0 Å². The van der Waals surface area contributed by atoms with E-state index in [4.69, 9.17) is 46.4 Å². The number of sulfonamides is 1. The Balaban J connectivity index is 1.96. The fourth-order valence-electron chi connectivity index (χ4n) is 4.20. The van der Waals surface area contributed by atoms with Crippen LogP contribution >= 0.6 is 46.4 Å². The third-order valence-electron chi connectivity index (χ3n) is 5.78. The molecular weight excluding hydrogens is 616 g/mol. The number of hydrogen-bond acceptors (Lipinski definition) is 5. The molecule has 0 saturated heterocycles. The molecule has 2 aromatic carbocycles. The number of carbonyl (C=O) groups is 1. The molecule has 3 rings (SSSR count). The lowest BCUT2D eigenvalue weighted by Crippen LogP contribution is -2.34. The first kappa shape index (κ1) is 32.4. The van der Waals surface area contributed by atoms with Gasteiger partial charge in [0, 0.05) is 42.4 Å². The minimum Gasteiger partial charge on any atom is -0.505 e. The maximum absolute atomic E-state index is 13.7. The minimum absolute atomic E-state index is 0.0302. The molecule has 0 atom stereocenters. The van der Waals surface area contributed by atoms with Crippen molar-refractivity contribution < 1.29 is 18.3 Å². The SMILES string of the molecule is CC(C)CN(Cc1cc(Cl)cc(CN(CC(C)C)S(=O)(=O)c2cc(Cl)cc(Cl)c2O)c1)C(=O)c1ccc(Cl)nc1. The van der Waals surface area contributed by atoms with Gasteiger partial charge in [-0.2, -0.15) is 4.31 Å². The second kappa shape index (κ2) is 13.7. The lowest BCUT2D eigenvalue weighted by atomic mass is 10.1. The van der Waals surface area contributed by atoms with Crippen LogP contribution in [0.15, 0.2) is 53.6 Å². The highest BCUT2D eigenvalue weighted by Crippen LogP contribution is 2.36. The zero-order valence-corrected chi connectivity index (χ0v) is 26.4. The Hall–Kier alpha value is -2.07. The summed E-state index contributed by atoms with van der Waals surface area (Å²) < 4.78 is 28.6. The van der Waals surface area contributed by atoms with Crippen molar-refractivity contribution in [3.8, 4) is 5.75 Å². The Morgan fingerprint density at radius 3 is 2.05 bits per heavy atom. The summed E-state index contributed by atoms with van der Waals surface area (Å²) in [7, 11) is -4.20. The first-order chi connectivity index (χ1) is 18.7. The van der Waals surface area contributed by atoms with E-state index in [1.54, 1.807) is 29.2 Å². The molecule has 1 amide bonds. The number of amides is 1. The normalized spacial score (nSPS) is 12.0. The molecule has 1 N–H and O–H groups in total. The van der Waals surface area contributed by atoms with Crippen molar-refractivity contribution >= 4 is 62.3 Å². The van der Waals surface area contributed by atoms with Gasteiger partial charge in [-0.15, -0.1) is 0 Å². The Morgan fingerprint density at radius 1 is 0.875 bits per heavy atom. The Labute approximate surface area is 255 Å². The van der Waals surface area contributed by atoms with Gasteiger partial charge in [-0.05, 0) is 59.4 Å². The van der Waals surface area contributed by atoms with Gasteiger partial charge in [-0.25, -0.2) is 13.4 Å². The second-order valence-electron chi connectivity index (χ2n) is 10.3. The fourth-order valence-corrected chi connectivity index (χ4v) is 6.93. The van der Waals surface area contributed by atoms with Gasteiger partial charge in [0.25, 0.3) is 5.91 Å². The number of rotatable bonds is 11. The van der Waals surface area contributed by atoms with Crippen molar-refractivity contribution in [2.24, 2.45) is 11.8 Å². The van der Waals surface area contributed by atoms with Crippen molar-refractivity contribution in [2.45, 2.75) is 45.7 Å². The van der Waals surface area contributed by atoms with Crippen molar-refractivity contribution in [1.82, 2.24) is 14.2 Å². The number of phenolic OH excluding ortho intramolecular Hbond substituents is 1. The van der Waals surface area contributed by atoms with Gasteiger partial charge in [0.05, 0.1) is 10.6 Å². The molecule has 12 heteroatoms. The first-order valence-corrected chi connectivity index (χ1v) is 15.5. The largest absolute Gasteiger partial charge is 0.505 e. The maximum Gasteiger partial charge on any atom is 0.255 e. The Bertz CT molecular complexity index is 1470. The smallest absolute Gasteiger partial charge is 0.255 e. The third kappa shape index (κ3) is 8.47. The zero-order chi connectivity index (χ0) is 29.8. The molecule has 0 aliphatic carbocycles. The van der Waals surface area contributed by atoms with Crippen LogP contribution in [-0.4, -0.2) is 46.7 Å². The van der Waals surface area contributed by atoms with E-state index in [1.807, 2.05) is 33.8 Å². The van der Waals surface area contributed by atoms with Crippen LogP contribution in [0.5, 0.6) is 5.75 Å². The van der Waals surface area contributed by atoms with E-state index in [0.717, 1.165) is 5.56 Å². The molecule has 0 saturated carbocycles. The van der Waals surface area contributed by atoms with E-state index >= 15 is 0 Å². The number of benzene rings is 2. The maximum atomic E-state index is 13.7. The van der Waals surface area contributed by atoms with Gasteiger partial charge in [-0.1, -0.05) is 80.2 Å². The zero-order valence-electron chi connectivity index (χ0n) is 22.5. The van der Waals surface area contributed by atoms with Crippen LogP contribution < -0.4 is 0 Å². The number of nitrogens with zero attached hydrogens (tertiary/aromatic N) is 3. The fraction of sp³-hybridized carbons (Fsp3) is 0.357. The predicted molar refractivity (Wildman–Crippen MR) is 161 cm³/mol. The lowest BCUT2D eigenvalue weighted by Gasteiger charge is -2.27. The number of pyridine rings is 1. The molecule has 216 valence electrons. The van der Waals surface area contributed by atoms with Gasteiger partial charge in [0.2, 0.25) is 10.0 Å². The standard InChI is InChI=1S/C28H31Cl4N3O4S/c1-17(2)13-34(28(37)21-5-6-26(32)33-12-21)15-19-7-20(9-22(29)8-19)16-35(14-18(3)4)40(38,39)25-11-23(30)10-24(31)27(25)36/h5-12,17-18,36H,13-16H2,1-4H3. The number of carbonyl (C=O) groups excluding carboxylic acids is 1. The second-order valence-corrected chi connectivity index (χ2v) is 13.9. The van der Waals surface area contributed by atoms with Crippen molar-refractivity contribution in [1.29, 1.82) is 0 Å². The minimum atomic E-state index is -4.20. The molecule has 0 fully saturated rings. The summed E-state index contributed by atoms with van der Waals surface area (Å²) in [6, 6.07) is 10.9.